The van der Waals surface area contributed by atoms with Crippen LogP contribution in [0.3, 0.4) is 0 Å². The molecule has 1 aromatic carbocycles. The van der Waals surface area contributed by atoms with Crippen LogP contribution >= 0.6 is 0 Å². The smallest absolute Gasteiger partial charge is 0.341 e. The van der Waals surface area contributed by atoms with Crippen molar-refractivity contribution in [3.05, 3.63) is 29.8 Å². The predicted octanol–water partition coefficient (Wildman–Crippen LogP) is 0.782. The van der Waals surface area contributed by atoms with Crippen molar-refractivity contribution in [2.24, 2.45) is 11.8 Å². The first-order chi connectivity index (χ1) is 14.5. The summed E-state index contributed by atoms with van der Waals surface area (Å²) in [5, 5.41) is 10.7. The fourth-order valence-corrected chi connectivity index (χ4v) is 4.86. The van der Waals surface area contributed by atoms with Crippen LogP contribution in [0.15, 0.2) is 24.3 Å². The molecule has 0 unspecified atom stereocenters. The van der Waals surface area contributed by atoms with Crippen molar-refractivity contribution in [2.45, 2.75) is 25.0 Å². The molecule has 1 amide bonds. The highest BCUT2D eigenvalue weighted by Gasteiger charge is 2.43. The number of methoxy groups -OCH3 is 1. The predicted molar refractivity (Wildman–Crippen MR) is 108 cm³/mol. The highest BCUT2D eigenvalue weighted by molar-refractivity contribution is 5.92. The number of nitrogens with zero attached hydrogens (tertiary/aromatic N) is 2. The topological polar surface area (TPSA) is 88.5 Å². The van der Waals surface area contributed by atoms with E-state index in [1.54, 1.807) is 24.3 Å². The van der Waals surface area contributed by atoms with Gasteiger partial charge in [0.05, 0.1) is 33.0 Å². The van der Waals surface area contributed by atoms with Gasteiger partial charge in [-0.2, -0.15) is 0 Å². The van der Waals surface area contributed by atoms with Crippen LogP contribution < -0.4 is 4.74 Å². The molecule has 8 nitrogen and oxygen atoms in total. The van der Waals surface area contributed by atoms with Gasteiger partial charge < -0.3 is 24.2 Å². The summed E-state index contributed by atoms with van der Waals surface area (Å²) in [6.07, 6.45) is 0.348. The van der Waals surface area contributed by atoms with Crippen molar-refractivity contribution in [2.75, 3.05) is 53.0 Å². The zero-order chi connectivity index (χ0) is 21.1. The number of ether oxygens (including phenoxy) is 3. The summed E-state index contributed by atoms with van der Waals surface area (Å²) >= 11 is 0. The van der Waals surface area contributed by atoms with Crippen LogP contribution in [0.1, 0.15) is 23.2 Å². The number of morpholine rings is 1. The molecular formula is C22H30N2O6. The number of esters is 1. The number of aliphatic hydroxyl groups excluding tert-OH is 1. The lowest BCUT2D eigenvalue weighted by atomic mass is 9.78. The van der Waals surface area contributed by atoms with Crippen molar-refractivity contribution in [3.63, 3.8) is 0 Å². The first kappa shape index (κ1) is 21.1. The largest absolute Gasteiger partial charge is 0.487 e. The molecule has 30 heavy (non-hydrogen) atoms. The number of hydrogen-bond donors (Lipinski definition) is 1. The molecule has 1 N–H and O–H groups in total. The number of carbonyl (C=O) groups excluding carboxylic acids is 2. The Morgan fingerprint density at radius 2 is 1.83 bits per heavy atom. The second-order valence-corrected chi connectivity index (χ2v) is 8.39. The molecule has 1 aliphatic carbocycles. The number of fused-ring (bicyclic) bond motifs is 1. The van der Waals surface area contributed by atoms with Gasteiger partial charge in [0, 0.05) is 26.2 Å². The fraction of sp³-hybridized carbons (Fsp3) is 0.636. The normalized spacial score (nSPS) is 29.3. The minimum atomic E-state index is -0.605. The molecule has 2 heterocycles. The molecule has 0 spiro atoms. The summed E-state index contributed by atoms with van der Waals surface area (Å²) in [6.45, 7) is 4.60. The van der Waals surface area contributed by atoms with Gasteiger partial charge in [0.2, 0.25) is 5.91 Å². The summed E-state index contributed by atoms with van der Waals surface area (Å²) in [5.41, 5.74) is 0.360. The Morgan fingerprint density at radius 1 is 1.13 bits per heavy atom. The zero-order valence-corrected chi connectivity index (χ0v) is 17.4. The van der Waals surface area contributed by atoms with Crippen LogP contribution in [-0.4, -0.2) is 92.0 Å². The van der Waals surface area contributed by atoms with E-state index in [1.165, 1.54) is 7.11 Å². The number of hydrogen-bond acceptors (Lipinski definition) is 7. The summed E-state index contributed by atoms with van der Waals surface area (Å²) < 4.78 is 16.2. The van der Waals surface area contributed by atoms with Gasteiger partial charge >= 0.3 is 5.97 Å². The Labute approximate surface area is 176 Å². The monoisotopic (exact) mass is 418 g/mol. The second kappa shape index (κ2) is 9.32. The average molecular weight is 418 g/mol. The third-order valence-electron chi connectivity index (χ3n) is 6.45. The molecule has 1 saturated carbocycles. The zero-order valence-electron chi connectivity index (χ0n) is 17.4. The molecular weight excluding hydrogens is 388 g/mol. The maximum Gasteiger partial charge on any atom is 0.341 e. The first-order valence-electron chi connectivity index (χ1n) is 10.6. The van der Waals surface area contributed by atoms with E-state index in [1.807, 2.05) is 4.90 Å². The summed E-state index contributed by atoms with van der Waals surface area (Å²) in [4.78, 5) is 28.6. The fourth-order valence-electron chi connectivity index (χ4n) is 4.86. The second-order valence-electron chi connectivity index (χ2n) is 8.39. The third kappa shape index (κ3) is 4.61. The maximum absolute atomic E-state index is 12.6. The van der Waals surface area contributed by atoms with Crippen LogP contribution in [0, 0.1) is 11.8 Å². The van der Waals surface area contributed by atoms with Crippen molar-refractivity contribution in [1.82, 2.24) is 9.80 Å². The Bertz CT molecular complexity index is 766. The van der Waals surface area contributed by atoms with E-state index >= 15 is 0 Å². The summed E-state index contributed by atoms with van der Waals surface area (Å²) in [6, 6.07) is 6.95. The Balaban J connectivity index is 1.36. The average Bonchev–Trinajstić information content (AvgIpc) is 3.15. The van der Waals surface area contributed by atoms with Crippen LogP contribution in [-0.2, 0) is 14.3 Å². The highest BCUT2D eigenvalue weighted by atomic mass is 16.5. The quantitative estimate of drug-likeness (QED) is 0.707. The minimum absolute atomic E-state index is 0.150. The number of aliphatic hydroxyl groups is 1. The van der Waals surface area contributed by atoms with E-state index in [9.17, 15) is 14.7 Å². The standard InChI is InChI=1S/C22H30N2O6/c1-28-22(27)17-4-2-3-5-19(17)30-20-11-16-13-23(12-15(16)10-18(20)25)14-21(26)24-6-8-29-9-7-24/h2-5,15-16,18,20,25H,6-14H2,1H3/t15-,16+,18+,20+/m0/s1. The van der Waals surface area contributed by atoms with Gasteiger partial charge in [0.15, 0.2) is 0 Å². The Morgan fingerprint density at radius 3 is 2.57 bits per heavy atom. The van der Waals surface area contributed by atoms with Crippen molar-refractivity contribution < 1.29 is 28.9 Å². The van der Waals surface area contributed by atoms with E-state index in [2.05, 4.69) is 4.90 Å². The summed E-state index contributed by atoms with van der Waals surface area (Å²) in [5.74, 6) is 0.846. The molecule has 0 bridgehead atoms. The molecule has 0 radical (unpaired) electrons. The van der Waals surface area contributed by atoms with Gasteiger partial charge in [-0.3, -0.25) is 9.69 Å². The van der Waals surface area contributed by atoms with Gasteiger partial charge in [0.1, 0.15) is 17.4 Å². The number of likely N-dealkylation sites (tertiary alicyclic amines) is 1. The van der Waals surface area contributed by atoms with Gasteiger partial charge in [-0.15, -0.1) is 0 Å². The minimum Gasteiger partial charge on any atom is -0.487 e. The van der Waals surface area contributed by atoms with Crippen molar-refractivity contribution in [1.29, 1.82) is 0 Å². The van der Waals surface area contributed by atoms with Crippen LogP contribution in [0.5, 0.6) is 5.75 Å². The lowest BCUT2D eigenvalue weighted by molar-refractivity contribution is -0.136. The van der Waals surface area contributed by atoms with E-state index < -0.39 is 12.1 Å². The number of para-hydroxylation sites is 1. The number of benzene rings is 1. The van der Waals surface area contributed by atoms with Gasteiger partial charge in [-0.05, 0) is 36.8 Å². The molecule has 3 fully saturated rings. The van der Waals surface area contributed by atoms with Crippen LogP contribution in [0.2, 0.25) is 0 Å². The van der Waals surface area contributed by atoms with Gasteiger partial charge in [-0.25, -0.2) is 4.79 Å². The van der Waals surface area contributed by atoms with Crippen LogP contribution in [0.25, 0.3) is 0 Å². The molecule has 164 valence electrons. The number of rotatable bonds is 5. The summed E-state index contributed by atoms with van der Waals surface area (Å²) in [7, 11) is 1.34. The number of amides is 1. The Hall–Kier alpha value is -2.16. The van der Waals surface area contributed by atoms with Gasteiger partial charge in [0.25, 0.3) is 0 Å². The molecule has 2 saturated heterocycles. The van der Waals surface area contributed by atoms with Crippen molar-refractivity contribution in [3.8, 4) is 5.75 Å². The molecule has 4 rings (SSSR count). The molecule has 4 atom stereocenters. The third-order valence-corrected chi connectivity index (χ3v) is 6.45. The lowest BCUT2D eigenvalue weighted by Crippen LogP contribution is -2.45. The Kier molecular flexibility index (Phi) is 6.55. The number of carbonyl (C=O) groups is 2. The highest BCUT2D eigenvalue weighted by Crippen LogP contribution is 2.38. The van der Waals surface area contributed by atoms with E-state index in [-0.39, 0.29) is 12.0 Å². The molecule has 1 aromatic rings. The van der Waals surface area contributed by atoms with Crippen LogP contribution in [0.4, 0.5) is 0 Å². The molecule has 8 heteroatoms. The SMILES string of the molecule is COC(=O)c1ccccc1O[C@@H]1C[C@@H]2CN(CC(=O)N3CCOCC3)C[C@@H]2C[C@H]1O. The lowest BCUT2D eigenvalue weighted by Gasteiger charge is -2.35. The molecule has 0 aromatic heterocycles. The van der Waals surface area contributed by atoms with E-state index in [0.29, 0.717) is 68.8 Å². The van der Waals surface area contributed by atoms with Gasteiger partial charge in [-0.1, -0.05) is 12.1 Å². The molecule has 3 aliphatic rings. The van der Waals surface area contributed by atoms with Crippen molar-refractivity contribution >= 4 is 11.9 Å². The maximum atomic E-state index is 12.6. The van der Waals surface area contributed by atoms with E-state index in [0.717, 1.165) is 13.1 Å². The van der Waals surface area contributed by atoms with E-state index in [4.69, 9.17) is 14.2 Å². The molecule has 2 aliphatic heterocycles. The first-order valence-corrected chi connectivity index (χ1v) is 10.6.